The molecule has 2 rings (SSSR count). The number of hydrogen-bond acceptors (Lipinski definition) is 2. The molecule has 0 amide bonds. The molecule has 5 heteroatoms. The van der Waals surface area contributed by atoms with Crippen LogP contribution >= 0.6 is 0 Å². The molecule has 0 unspecified atom stereocenters. The Bertz CT molecular complexity index is 440. The molecule has 1 saturated carbocycles. The van der Waals surface area contributed by atoms with Gasteiger partial charge in [-0.2, -0.15) is 0 Å². The molecule has 1 aliphatic carbocycles. The highest BCUT2D eigenvalue weighted by Crippen LogP contribution is 2.21. The minimum Gasteiger partial charge on any atom is -0.312 e. The van der Waals surface area contributed by atoms with Crippen LogP contribution in [-0.2, 0) is 6.42 Å². The minimum atomic E-state index is -0.843. The Balaban J connectivity index is 2.07. The van der Waals surface area contributed by atoms with Crippen molar-refractivity contribution in [1.82, 2.24) is 5.43 Å². The molecule has 3 N–H and O–H groups in total. The van der Waals surface area contributed by atoms with Gasteiger partial charge in [-0.3, -0.25) is 4.99 Å². The molecule has 98 valence electrons. The van der Waals surface area contributed by atoms with Crippen LogP contribution in [0.4, 0.5) is 8.78 Å². The van der Waals surface area contributed by atoms with Crippen molar-refractivity contribution >= 4 is 5.84 Å². The van der Waals surface area contributed by atoms with Gasteiger partial charge in [0, 0.05) is 6.42 Å². The summed E-state index contributed by atoms with van der Waals surface area (Å²) in [6.45, 7) is 0. The lowest BCUT2D eigenvalue weighted by Gasteiger charge is -2.09. The molecule has 0 bridgehead atoms. The number of nitrogens with one attached hydrogen (secondary N) is 1. The lowest BCUT2D eigenvalue weighted by Crippen LogP contribution is -2.33. The molecule has 1 fully saturated rings. The molecule has 0 atom stereocenters. The smallest absolute Gasteiger partial charge is 0.159 e. The molecule has 1 aromatic rings. The van der Waals surface area contributed by atoms with Gasteiger partial charge < -0.3 is 5.43 Å². The highest BCUT2D eigenvalue weighted by Gasteiger charge is 2.14. The van der Waals surface area contributed by atoms with Crippen molar-refractivity contribution in [2.45, 2.75) is 38.1 Å². The van der Waals surface area contributed by atoms with Gasteiger partial charge >= 0.3 is 0 Å². The van der Waals surface area contributed by atoms with E-state index in [1.54, 1.807) is 6.07 Å². The van der Waals surface area contributed by atoms with Crippen LogP contribution in [0.15, 0.2) is 23.2 Å². The molecule has 1 aromatic carbocycles. The third kappa shape index (κ3) is 3.26. The number of benzene rings is 1. The van der Waals surface area contributed by atoms with Crippen LogP contribution < -0.4 is 11.3 Å². The van der Waals surface area contributed by atoms with Crippen LogP contribution in [0.2, 0.25) is 0 Å². The van der Waals surface area contributed by atoms with E-state index in [1.807, 2.05) is 0 Å². The molecular weight excluding hydrogens is 236 g/mol. The Kier molecular flexibility index (Phi) is 4.25. The summed E-state index contributed by atoms with van der Waals surface area (Å²) in [6, 6.07) is 4.15. The van der Waals surface area contributed by atoms with Crippen LogP contribution in [-0.4, -0.2) is 11.9 Å². The Morgan fingerprint density at radius 3 is 2.61 bits per heavy atom. The van der Waals surface area contributed by atoms with Gasteiger partial charge in [-0.25, -0.2) is 14.6 Å². The van der Waals surface area contributed by atoms with E-state index in [4.69, 9.17) is 5.84 Å². The second-order valence-electron chi connectivity index (χ2n) is 4.58. The van der Waals surface area contributed by atoms with Crippen LogP contribution in [0.3, 0.4) is 0 Å². The standard InChI is InChI=1S/C13H17F2N3/c14-11-6-5-9(7-12(11)15)8-13(18-16)17-10-3-1-2-4-10/h5-7,10H,1-4,8,16H2,(H,17,18). The summed E-state index contributed by atoms with van der Waals surface area (Å²) < 4.78 is 25.9. The van der Waals surface area contributed by atoms with Crippen molar-refractivity contribution in [1.29, 1.82) is 0 Å². The van der Waals surface area contributed by atoms with Crippen LogP contribution in [0.25, 0.3) is 0 Å². The van der Waals surface area contributed by atoms with Gasteiger partial charge in [-0.1, -0.05) is 18.9 Å². The molecule has 0 spiro atoms. The fourth-order valence-electron chi connectivity index (χ4n) is 2.23. The van der Waals surface area contributed by atoms with Crippen LogP contribution in [0, 0.1) is 11.6 Å². The summed E-state index contributed by atoms with van der Waals surface area (Å²) in [7, 11) is 0. The van der Waals surface area contributed by atoms with E-state index >= 15 is 0 Å². The number of hydrazine groups is 1. The average Bonchev–Trinajstić information content (AvgIpc) is 2.86. The van der Waals surface area contributed by atoms with Gasteiger partial charge in [0.25, 0.3) is 0 Å². The van der Waals surface area contributed by atoms with Crippen LogP contribution in [0.1, 0.15) is 31.2 Å². The average molecular weight is 253 g/mol. The van der Waals surface area contributed by atoms with E-state index in [1.165, 1.54) is 18.9 Å². The first-order valence-corrected chi connectivity index (χ1v) is 6.16. The van der Waals surface area contributed by atoms with Crippen LogP contribution in [0.5, 0.6) is 0 Å². The zero-order chi connectivity index (χ0) is 13.0. The van der Waals surface area contributed by atoms with Gasteiger partial charge in [-0.15, -0.1) is 0 Å². The van der Waals surface area contributed by atoms with Gasteiger partial charge in [-0.05, 0) is 30.5 Å². The summed E-state index contributed by atoms with van der Waals surface area (Å²) in [5, 5.41) is 0. The van der Waals surface area contributed by atoms with Crippen molar-refractivity contribution in [3.63, 3.8) is 0 Å². The maximum Gasteiger partial charge on any atom is 0.159 e. The molecule has 0 radical (unpaired) electrons. The van der Waals surface area contributed by atoms with E-state index in [0.717, 1.165) is 18.9 Å². The number of nitrogens with two attached hydrogens (primary N) is 1. The van der Waals surface area contributed by atoms with Crippen molar-refractivity contribution in [3.05, 3.63) is 35.4 Å². The topological polar surface area (TPSA) is 50.4 Å². The summed E-state index contributed by atoms with van der Waals surface area (Å²) in [5.41, 5.74) is 3.20. The minimum absolute atomic E-state index is 0.307. The van der Waals surface area contributed by atoms with Crippen molar-refractivity contribution in [2.24, 2.45) is 10.8 Å². The third-order valence-electron chi connectivity index (χ3n) is 3.19. The van der Waals surface area contributed by atoms with E-state index < -0.39 is 11.6 Å². The van der Waals surface area contributed by atoms with Gasteiger partial charge in [0.15, 0.2) is 11.6 Å². The molecule has 0 aromatic heterocycles. The number of hydrogen-bond donors (Lipinski definition) is 2. The Labute approximate surface area is 105 Å². The van der Waals surface area contributed by atoms with Gasteiger partial charge in [0.2, 0.25) is 0 Å². The third-order valence-corrected chi connectivity index (χ3v) is 3.19. The molecular formula is C13H17F2N3. The van der Waals surface area contributed by atoms with E-state index in [0.29, 0.717) is 23.9 Å². The first kappa shape index (κ1) is 13.0. The second-order valence-corrected chi connectivity index (χ2v) is 4.58. The molecule has 0 saturated heterocycles. The largest absolute Gasteiger partial charge is 0.312 e. The SMILES string of the molecule is NNC(Cc1ccc(F)c(F)c1)=NC1CCCC1. The Morgan fingerprint density at radius 2 is 2.00 bits per heavy atom. The fourth-order valence-corrected chi connectivity index (χ4v) is 2.23. The summed E-state index contributed by atoms with van der Waals surface area (Å²) in [6.07, 6.45) is 4.92. The zero-order valence-corrected chi connectivity index (χ0v) is 10.1. The lowest BCUT2D eigenvalue weighted by atomic mass is 10.1. The second kappa shape index (κ2) is 5.91. The number of halogens is 2. The van der Waals surface area contributed by atoms with Crippen molar-refractivity contribution < 1.29 is 8.78 Å². The predicted octanol–water partition coefficient (Wildman–Crippen LogP) is 2.31. The summed E-state index contributed by atoms with van der Waals surface area (Å²) in [4.78, 5) is 4.51. The van der Waals surface area contributed by atoms with E-state index in [9.17, 15) is 8.78 Å². The first-order valence-electron chi connectivity index (χ1n) is 6.16. The molecule has 18 heavy (non-hydrogen) atoms. The summed E-state index contributed by atoms with van der Waals surface area (Å²) in [5.74, 6) is 4.35. The van der Waals surface area contributed by atoms with E-state index in [-0.39, 0.29) is 0 Å². The molecule has 3 nitrogen and oxygen atoms in total. The highest BCUT2D eigenvalue weighted by molar-refractivity contribution is 5.84. The molecule has 0 aliphatic heterocycles. The number of nitrogens with zero attached hydrogens (tertiary/aromatic N) is 1. The van der Waals surface area contributed by atoms with Crippen molar-refractivity contribution in [2.75, 3.05) is 0 Å². The monoisotopic (exact) mass is 253 g/mol. The number of amidine groups is 1. The van der Waals surface area contributed by atoms with Gasteiger partial charge in [0.05, 0.1) is 6.04 Å². The Morgan fingerprint density at radius 1 is 1.28 bits per heavy atom. The number of aliphatic imine (C=N–C) groups is 1. The van der Waals surface area contributed by atoms with E-state index in [2.05, 4.69) is 10.4 Å². The quantitative estimate of drug-likeness (QED) is 0.376. The molecule has 1 aliphatic rings. The molecule has 0 heterocycles. The number of rotatable bonds is 3. The normalized spacial score (nSPS) is 17.2. The summed E-state index contributed by atoms with van der Waals surface area (Å²) >= 11 is 0. The maximum absolute atomic E-state index is 13.1. The van der Waals surface area contributed by atoms with Crippen molar-refractivity contribution in [3.8, 4) is 0 Å². The Hall–Kier alpha value is -1.49. The predicted molar refractivity (Wildman–Crippen MR) is 67.1 cm³/mol. The first-order chi connectivity index (χ1) is 8.69. The lowest BCUT2D eigenvalue weighted by molar-refractivity contribution is 0.507. The zero-order valence-electron chi connectivity index (χ0n) is 10.1. The highest BCUT2D eigenvalue weighted by atomic mass is 19.2. The van der Waals surface area contributed by atoms with Gasteiger partial charge in [0.1, 0.15) is 5.84 Å². The fraction of sp³-hybridized carbons (Fsp3) is 0.462. The maximum atomic E-state index is 13.1.